The van der Waals surface area contributed by atoms with Gasteiger partial charge in [0, 0.05) is 24.6 Å². The van der Waals surface area contributed by atoms with Crippen LogP contribution in [0.3, 0.4) is 0 Å². The molecule has 3 aliphatic rings. The second-order valence-electron chi connectivity index (χ2n) is 6.92. The highest BCUT2D eigenvalue weighted by Crippen LogP contribution is 2.35. The number of para-hydroxylation sites is 1. The van der Waals surface area contributed by atoms with E-state index in [1.807, 2.05) is 37.3 Å². The maximum atomic E-state index is 12.4. The Labute approximate surface area is 162 Å². The molecule has 0 spiro atoms. The average Bonchev–Trinajstić information content (AvgIpc) is 3.03. The Morgan fingerprint density at radius 2 is 2.07 bits per heavy atom. The summed E-state index contributed by atoms with van der Waals surface area (Å²) in [7, 11) is 0. The summed E-state index contributed by atoms with van der Waals surface area (Å²) in [6.07, 6.45) is 5.21. The Morgan fingerprint density at radius 3 is 2.81 bits per heavy atom. The highest BCUT2D eigenvalue weighted by Gasteiger charge is 2.31. The van der Waals surface area contributed by atoms with Crippen LogP contribution in [-0.4, -0.2) is 41.1 Å². The number of ether oxygens (including phenoxy) is 1. The molecule has 27 heavy (non-hydrogen) atoms. The molecule has 0 aliphatic carbocycles. The van der Waals surface area contributed by atoms with Gasteiger partial charge in [-0.2, -0.15) is 4.99 Å². The number of carbonyl (C=O) groups excluding carboxylic acids is 2. The second-order valence-corrected chi connectivity index (χ2v) is 7.93. The smallest absolute Gasteiger partial charge is 0.286 e. The molecule has 2 amide bonds. The van der Waals surface area contributed by atoms with Crippen LogP contribution < -0.4 is 10.5 Å². The molecular weight excluding hydrogens is 362 g/mol. The van der Waals surface area contributed by atoms with Crippen molar-refractivity contribution in [2.45, 2.75) is 25.9 Å². The number of amides is 2. The van der Waals surface area contributed by atoms with Gasteiger partial charge in [0.2, 0.25) is 5.91 Å². The summed E-state index contributed by atoms with van der Waals surface area (Å²) in [5.74, 6) is 0.307. The number of likely N-dealkylation sites (tertiary alicyclic amines) is 1. The molecule has 0 radical (unpaired) electrons. The first-order valence-corrected chi connectivity index (χ1v) is 9.87. The van der Waals surface area contributed by atoms with Gasteiger partial charge in [0.25, 0.3) is 5.91 Å². The molecule has 0 bridgehead atoms. The van der Waals surface area contributed by atoms with Gasteiger partial charge in [0.05, 0.1) is 4.91 Å². The molecule has 0 saturated carbocycles. The van der Waals surface area contributed by atoms with Crippen molar-refractivity contribution in [3.05, 3.63) is 46.4 Å². The Balaban J connectivity index is 1.48. The summed E-state index contributed by atoms with van der Waals surface area (Å²) in [5.41, 5.74) is 7.35. The summed E-state index contributed by atoms with van der Waals surface area (Å²) in [4.78, 5) is 30.6. The molecule has 1 aromatic carbocycles. The standard InChI is InChI=1S/C20H21N3O3S/c1-12-15(10-14-4-2-3-5-16(14)26-12)11-17-19(25)22-20(27-17)23-8-6-13(7-9-23)18(21)24/h2-5,10-13H,6-9H2,1H3,(H2,21,24). The maximum Gasteiger partial charge on any atom is 0.286 e. The predicted molar refractivity (Wildman–Crippen MR) is 106 cm³/mol. The van der Waals surface area contributed by atoms with Crippen molar-refractivity contribution in [1.82, 2.24) is 4.90 Å². The number of hydrogen-bond donors (Lipinski definition) is 1. The van der Waals surface area contributed by atoms with Crippen molar-refractivity contribution in [3.8, 4) is 5.75 Å². The van der Waals surface area contributed by atoms with Crippen LogP contribution in [0.25, 0.3) is 6.08 Å². The number of rotatable bonds is 2. The van der Waals surface area contributed by atoms with Gasteiger partial charge in [-0.15, -0.1) is 0 Å². The fourth-order valence-corrected chi connectivity index (χ4v) is 4.43. The van der Waals surface area contributed by atoms with E-state index in [9.17, 15) is 9.59 Å². The highest BCUT2D eigenvalue weighted by molar-refractivity contribution is 8.18. The fraction of sp³-hybridized carbons (Fsp3) is 0.350. The van der Waals surface area contributed by atoms with Crippen LogP contribution in [0, 0.1) is 5.92 Å². The summed E-state index contributed by atoms with van der Waals surface area (Å²) < 4.78 is 5.94. The number of hydrogen-bond acceptors (Lipinski definition) is 5. The molecule has 1 saturated heterocycles. The topological polar surface area (TPSA) is 85.0 Å². The van der Waals surface area contributed by atoms with E-state index in [1.165, 1.54) is 11.8 Å². The third kappa shape index (κ3) is 3.64. The van der Waals surface area contributed by atoms with Crippen LogP contribution in [0.1, 0.15) is 25.3 Å². The van der Waals surface area contributed by atoms with Crippen LogP contribution in [0.2, 0.25) is 0 Å². The number of primary amides is 1. The van der Waals surface area contributed by atoms with E-state index in [4.69, 9.17) is 10.5 Å². The van der Waals surface area contributed by atoms with Gasteiger partial charge in [-0.05, 0) is 55.3 Å². The average molecular weight is 383 g/mol. The van der Waals surface area contributed by atoms with Crippen molar-refractivity contribution in [2.75, 3.05) is 13.1 Å². The summed E-state index contributed by atoms with van der Waals surface area (Å²) >= 11 is 1.39. The lowest BCUT2D eigenvalue weighted by Crippen LogP contribution is -2.40. The van der Waals surface area contributed by atoms with E-state index in [0.717, 1.165) is 16.9 Å². The van der Waals surface area contributed by atoms with E-state index in [0.29, 0.717) is 36.0 Å². The molecule has 3 aliphatic heterocycles. The largest absolute Gasteiger partial charge is 0.485 e. The first-order valence-electron chi connectivity index (χ1n) is 9.05. The molecule has 0 aromatic heterocycles. The lowest BCUT2D eigenvalue weighted by molar-refractivity contribution is -0.123. The van der Waals surface area contributed by atoms with Crippen LogP contribution in [0.15, 0.2) is 45.8 Å². The maximum absolute atomic E-state index is 12.4. The number of thioether (sulfide) groups is 1. The summed E-state index contributed by atoms with van der Waals surface area (Å²) in [6.45, 7) is 3.35. The molecular formula is C20H21N3O3S. The highest BCUT2D eigenvalue weighted by atomic mass is 32.2. The van der Waals surface area contributed by atoms with E-state index < -0.39 is 0 Å². The Morgan fingerprint density at radius 1 is 1.33 bits per heavy atom. The first-order chi connectivity index (χ1) is 13.0. The quantitative estimate of drug-likeness (QED) is 0.794. The molecule has 1 unspecified atom stereocenters. The first kappa shape index (κ1) is 17.9. The van der Waals surface area contributed by atoms with Gasteiger partial charge in [-0.1, -0.05) is 18.2 Å². The van der Waals surface area contributed by atoms with Crippen LogP contribution in [-0.2, 0) is 9.59 Å². The monoisotopic (exact) mass is 383 g/mol. The third-order valence-electron chi connectivity index (χ3n) is 5.09. The molecule has 4 rings (SSSR count). The lowest BCUT2D eigenvalue weighted by atomic mass is 9.97. The number of fused-ring (bicyclic) bond motifs is 1. The van der Waals surface area contributed by atoms with E-state index in [1.54, 1.807) is 0 Å². The number of nitrogens with zero attached hydrogens (tertiary/aromatic N) is 2. The van der Waals surface area contributed by atoms with Gasteiger partial charge in [-0.25, -0.2) is 0 Å². The third-order valence-corrected chi connectivity index (χ3v) is 6.13. The van der Waals surface area contributed by atoms with Gasteiger partial charge in [0.1, 0.15) is 11.9 Å². The van der Waals surface area contributed by atoms with Crippen molar-refractivity contribution < 1.29 is 14.3 Å². The van der Waals surface area contributed by atoms with Gasteiger partial charge in [0.15, 0.2) is 5.17 Å². The van der Waals surface area contributed by atoms with E-state index in [2.05, 4.69) is 16.0 Å². The van der Waals surface area contributed by atoms with E-state index >= 15 is 0 Å². The molecule has 1 atom stereocenters. The number of benzene rings is 1. The number of nitrogens with two attached hydrogens (primary N) is 1. The minimum atomic E-state index is -0.245. The fourth-order valence-electron chi connectivity index (χ4n) is 3.46. The minimum Gasteiger partial charge on any atom is -0.485 e. The molecule has 2 N–H and O–H groups in total. The van der Waals surface area contributed by atoms with Gasteiger partial charge < -0.3 is 15.4 Å². The Hall–Kier alpha value is -2.54. The predicted octanol–water partition coefficient (Wildman–Crippen LogP) is 2.56. The molecule has 7 heteroatoms. The van der Waals surface area contributed by atoms with Crippen molar-refractivity contribution in [2.24, 2.45) is 16.6 Å². The summed E-state index contributed by atoms with van der Waals surface area (Å²) in [5, 5.41) is 0.708. The number of carbonyl (C=O) groups is 2. The molecule has 1 aromatic rings. The zero-order chi connectivity index (χ0) is 19.0. The van der Waals surface area contributed by atoms with Crippen molar-refractivity contribution in [3.63, 3.8) is 0 Å². The van der Waals surface area contributed by atoms with E-state index in [-0.39, 0.29) is 23.8 Å². The molecule has 140 valence electrons. The summed E-state index contributed by atoms with van der Waals surface area (Å²) in [6, 6.07) is 7.85. The molecule has 6 nitrogen and oxygen atoms in total. The van der Waals surface area contributed by atoms with Crippen molar-refractivity contribution in [1.29, 1.82) is 0 Å². The van der Waals surface area contributed by atoms with Gasteiger partial charge >= 0.3 is 0 Å². The zero-order valence-electron chi connectivity index (χ0n) is 15.1. The van der Waals surface area contributed by atoms with Gasteiger partial charge in [-0.3, -0.25) is 9.59 Å². The number of aliphatic imine (C=N–C) groups is 1. The normalized spacial score (nSPS) is 24.3. The number of piperidine rings is 1. The van der Waals surface area contributed by atoms with Crippen molar-refractivity contribution >= 4 is 34.8 Å². The van der Waals surface area contributed by atoms with Crippen LogP contribution in [0.5, 0.6) is 5.75 Å². The lowest BCUT2D eigenvalue weighted by Gasteiger charge is -2.31. The Kier molecular flexibility index (Phi) is 4.78. The zero-order valence-corrected chi connectivity index (χ0v) is 15.9. The minimum absolute atomic E-state index is 0.0792. The molecule has 3 heterocycles. The Bertz CT molecular complexity index is 882. The SMILES string of the molecule is CC1Oc2ccccc2C=C1C=C1SC(N2CCC(C(N)=O)CC2)=NC1=O. The number of amidine groups is 1. The van der Waals surface area contributed by atoms with Crippen LogP contribution >= 0.6 is 11.8 Å². The molecule has 1 fully saturated rings. The van der Waals surface area contributed by atoms with Crippen LogP contribution in [0.4, 0.5) is 0 Å². The second kappa shape index (κ2) is 7.23.